The predicted molar refractivity (Wildman–Crippen MR) is 72.8 cm³/mol. The summed E-state index contributed by atoms with van der Waals surface area (Å²) < 4.78 is 3.17. The lowest BCUT2D eigenvalue weighted by atomic mass is 10.1. The summed E-state index contributed by atoms with van der Waals surface area (Å²) in [6.07, 6.45) is 3.45. The molecular formula is C13H16N4O2. The molecule has 4 N–H and O–H groups in total. The number of aromatic nitrogens is 2. The van der Waals surface area contributed by atoms with Gasteiger partial charge in [0, 0.05) is 30.2 Å². The van der Waals surface area contributed by atoms with Crippen molar-refractivity contribution >= 4 is 11.6 Å². The zero-order chi connectivity index (χ0) is 14.0. The first-order valence-electron chi connectivity index (χ1n) is 5.96. The van der Waals surface area contributed by atoms with Crippen LogP contribution in [0.15, 0.2) is 35.4 Å². The number of anilines is 1. The highest BCUT2D eigenvalue weighted by Crippen LogP contribution is 2.15. The average molecular weight is 260 g/mol. The van der Waals surface area contributed by atoms with Crippen LogP contribution >= 0.6 is 0 Å². The van der Waals surface area contributed by atoms with Crippen LogP contribution in [-0.4, -0.2) is 15.0 Å². The maximum Gasteiger partial charge on any atom is 0.328 e. The number of carbonyl (C=O) groups excluding carboxylic acids is 1. The van der Waals surface area contributed by atoms with Gasteiger partial charge in [-0.15, -0.1) is 0 Å². The van der Waals surface area contributed by atoms with Crippen LogP contribution in [0.2, 0.25) is 0 Å². The van der Waals surface area contributed by atoms with Crippen molar-refractivity contribution in [3.63, 3.8) is 0 Å². The number of nitrogen functional groups attached to an aromatic ring is 1. The molecule has 19 heavy (non-hydrogen) atoms. The summed E-state index contributed by atoms with van der Waals surface area (Å²) in [5.41, 5.74) is 12.6. The van der Waals surface area contributed by atoms with Crippen LogP contribution in [-0.2, 0) is 13.1 Å². The van der Waals surface area contributed by atoms with Gasteiger partial charge in [0.15, 0.2) is 0 Å². The second kappa shape index (κ2) is 5.01. The molecule has 0 aliphatic carbocycles. The normalized spacial score (nSPS) is 10.6. The Labute approximate surface area is 110 Å². The molecule has 2 rings (SSSR count). The molecule has 2 aromatic rings. The summed E-state index contributed by atoms with van der Waals surface area (Å²) in [6.45, 7) is 2.90. The minimum absolute atomic E-state index is 0.0825. The molecule has 1 heterocycles. The second-order valence-corrected chi connectivity index (χ2v) is 4.27. The summed E-state index contributed by atoms with van der Waals surface area (Å²) in [6, 6.07) is 4.85. The number of nitrogens with zero attached hydrogens (tertiary/aromatic N) is 2. The maximum atomic E-state index is 11.9. The molecule has 1 amide bonds. The van der Waals surface area contributed by atoms with Crippen LogP contribution < -0.4 is 17.2 Å². The molecule has 1 aromatic heterocycles. The lowest BCUT2D eigenvalue weighted by molar-refractivity contribution is 0.100. The van der Waals surface area contributed by atoms with Crippen molar-refractivity contribution in [2.24, 2.45) is 5.73 Å². The first kappa shape index (κ1) is 12.9. The topological polar surface area (TPSA) is 96.0 Å². The van der Waals surface area contributed by atoms with Crippen LogP contribution in [0.25, 0.3) is 0 Å². The third-order valence-corrected chi connectivity index (χ3v) is 3.03. The van der Waals surface area contributed by atoms with Crippen LogP contribution in [0.5, 0.6) is 0 Å². The number of aryl methyl sites for hydroxylation is 1. The van der Waals surface area contributed by atoms with Crippen molar-refractivity contribution in [2.75, 3.05) is 5.73 Å². The van der Waals surface area contributed by atoms with Crippen molar-refractivity contribution in [2.45, 2.75) is 20.0 Å². The Kier molecular flexibility index (Phi) is 3.41. The number of nitrogens with two attached hydrogens (primary N) is 2. The minimum atomic E-state index is -0.521. The maximum absolute atomic E-state index is 11.9. The molecule has 0 saturated heterocycles. The van der Waals surface area contributed by atoms with Gasteiger partial charge in [-0.1, -0.05) is 6.07 Å². The van der Waals surface area contributed by atoms with Crippen molar-refractivity contribution in [3.05, 3.63) is 52.2 Å². The van der Waals surface area contributed by atoms with Crippen LogP contribution in [0.4, 0.5) is 5.69 Å². The van der Waals surface area contributed by atoms with Gasteiger partial charge in [0.25, 0.3) is 0 Å². The van der Waals surface area contributed by atoms with Crippen molar-refractivity contribution in [3.8, 4) is 0 Å². The van der Waals surface area contributed by atoms with Crippen LogP contribution in [0, 0.1) is 0 Å². The first-order valence-corrected chi connectivity index (χ1v) is 5.96. The van der Waals surface area contributed by atoms with Gasteiger partial charge < -0.3 is 11.5 Å². The number of primary amides is 1. The van der Waals surface area contributed by atoms with Gasteiger partial charge >= 0.3 is 5.69 Å². The van der Waals surface area contributed by atoms with Gasteiger partial charge in [-0.2, -0.15) is 0 Å². The molecule has 0 atom stereocenters. The number of hydrogen-bond acceptors (Lipinski definition) is 3. The van der Waals surface area contributed by atoms with Gasteiger partial charge in [-0.3, -0.25) is 13.9 Å². The van der Waals surface area contributed by atoms with E-state index in [1.165, 1.54) is 6.07 Å². The van der Waals surface area contributed by atoms with E-state index in [1.54, 1.807) is 33.7 Å². The van der Waals surface area contributed by atoms with Crippen molar-refractivity contribution in [1.82, 2.24) is 9.13 Å². The zero-order valence-corrected chi connectivity index (χ0v) is 10.7. The van der Waals surface area contributed by atoms with Gasteiger partial charge in [0.1, 0.15) is 0 Å². The molecule has 0 aliphatic heterocycles. The highest BCUT2D eigenvalue weighted by molar-refractivity contribution is 5.93. The summed E-state index contributed by atoms with van der Waals surface area (Å²) >= 11 is 0. The van der Waals surface area contributed by atoms with Gasteiger partial charge in [-0.05, 0) is 24.6 Å². The number of hydrogen-bond donors (Lipinski definition) is 2. The monoisotopic (exact) mass is 260 g/mol. The molecule has 0 aliphatic rings. The number of rotatable bonds is 4. The fraction of sp³-hybridized carbons (Fsp3) is 0.231. The molecular weight excluding hydrogens is 244 g/mol. The largest absolute Gasteiger partial charge is 0.398 e. The van der Waals surface area contributed by atoms with E-state index in [0.717, 1.165) is 5.56 Å². The van der Waals surface area contributed by atoms with Crippen molar-refractivity contribution < 1.29 is 4.79 Å². The summed E-state index contributed by atoms with van der Waals surface area (Å²) in [5, 5.41) is 0. The van der Waals surface area contributed by atoms with E-state index in [4.69, 9.17) is 11.5 Å². The number of amides is 1. The standard InChI is InChI=1S/C13H16N4O2/c1-2-16-5-6-17(13(16)19)8-10-4-3-9(12(15)18)7-11(10)14/h3-7H,2,8,14H2,1H3,(H2,15,18). The number of carbonyl (C=O) groups is 1. The Morgan fingerprint density at radius 2 is 1.95 bits per heavy atom. The first-order chi connectivity index (χ1) is 9.02. The Balaban J connectivity index is 2.31. The Bertz CT molecular complexity index is 670. The molecule has 0 fully saturated rings. The lowest BCUT2D eigenvalue weighted by Gasteiger charge is -2.07. The molecule has 0 radical (unpaired) electrons. The SMILES string of the molecule is CCn1ccn(Cc2ccc(C(N)=O)cc2N)c1=O. The Morgan fingerprint density at radius 3 is 2.47 bits per heavy atom. The Hall–Kier alpha value is -2.50. The number of benzene rings is 1. The summed E-state index contributed by atoms with van der Waals surface area (Å²) in [7, 11) is 0. The Morgan fingerprint density at radius 1 is 1.26 bits per heavy atom. The third-order valence-electron chi connectivity index (χ3n) is 3.03. The third kappa shape index (κ3) is 2.52. The molecule has 6 heteroatoms. The molecule has 0 spiro atoms. The molecule has 0 bridgehead atoms. The van der Waals surface area contributed by atoms with E-state index >= 15 is 0 Å². The van der Waals surface area contributed by atoms with E-state index in [9.17, 15) is 9.59 Å². The average Bonchev–Trinajstić information content (AvgIpc) is 2.72. The molecule has 0 saturated carbocycles. The lowest BCUT2D eigenvalue weighted by Crippen LogP contribution is -2.24. The predicted octanol–water partition coefficient (Wildman–Crippen LogP) is 0.399. The fourth-order valence-electron chi connectivity index (χ4n) is 1.89. The molecule has 100 valence electrons. The van der Waals surface area contributed by atoms with Crippen LogP contribution in [0.3, 0.4) is 0 Å². The highest BCUT2D eigenvalue weighted by atomic mass is 16.2. The highest BCUT2D eigenvalue weighted by Gasteiger charge is 2.07. The summed E-state index contributed by atoms with van der Waals surface area (Å²) in [5.74, 6) is -0.521. The van der Waals surface area contributed by atoms with E-state index in [2.05, 4.69) is 0 Å². The van der Waals surface area contributed by atoms with Gasteiger partial charge in [-0.25, -0.2) is 4.79 Å². The van der Waals surface area contributed by atoms with Gasteiger partial charge in [0.2, 0.25) is 5.91 Å². The second-order valence-electron chi connectivity index (χ2n) is 4.27. The quantitative estimate of drug-likeness (QED) is 0.779. The summed E-state index contributed by atoms with van der Waals surface area (Å²) in [4.78, 5) is 22.9. The number of imidazole rings is 1. The van der Waals surface area contributed by atoms with E-state index in [0.29, 0.717) is 24.3 Å². The minimum Gasteiger partial charge on any atom is -0.398 e. The van der Waals surface area contributed by atoms with E-state index in [1.807, 2.05) is 6.92 Å². The van der Waals surface area contributed by atoms with E-state index < -0.39 is 5.91 Å². The van der Waals surface area contributed by atoms with Crippen molar-refractivity contribution in [1.29, 1.82) is 0 Å². The van der Waals surface area contributed by atoms with Gasteiger partial charge in [0.05, 0.1) is 6.54 Å². The van der Waals surface area contributed by atoms with Crippen LogP contribution in [0.1, 0.15) is 22.8 Å². The fourth-order valence-corrected chi connectivity index (χ4v) is 1.89. The smallest absolute Gasteiger partial charge is 0.328 e. The van der Waals surface area contributed by atoms with E-state index in [-0.39, 0.29) is 5.69 Å². The molecule has 6 nitrogen and oxygen atoms in total. The zero-order valence-electron chi connectivity index (χ0n) is 10.7. The molecule has 0 unspecified atom stereocenters. The molecule has 1 aromatic carbocycles.